The molecule has 0 amide bonds. The van der Waals surface area contributed by atoms with Crippen LogP contribution in [0.2, 0.25) is 0 Å². The Balaban J connectivity index is 2.39. The summed E-state index contributed by atoms with van der Waals surface area (Å²) in [5, 5.41) is 0. The van der Waals surface area contributed by atoms with Crippen molar-refractivity contribution in [2.75, 3.05) is 0 Å². The lowest BCUT2D eigenvalue weighted by Gasteiger charge is -2.12. The molecule has 0 fully saturated rings. The highest BCUT2D eigenvalue weighted by atomic mass is 79.9. The third-order valence-electron chi connectivity index (χ3n) is 2.49. The van der Waals surface area contributed by atoms with E-state index in [2.05, 4.69) is 15.9 Å². The fourth-order valence-electron chi connectivity index (χ4n) is 1.57. The standard InChI is InChI=1S/C14H11BrClFO/c1-9-5-6-13(11(15)7-9)18-14-10(8-16)3-2-4-12(14)17/h2-7H,8H2,1H3. The van der Waals surface area contributed by atoms with Gasteiger partial charge in [-0.3, -0.25) is 0 Å². The quantitative estimate of drug-likeness (QED) is 0.682. The van der Waals surface area contributed by atoms with Crippen molar-refractivity contribution in [2.24, 2.45) is 0 Å². The molecular weight excluding hydrogens is 319 g/mol. The summed E-state index contributed by atoms with van der Waals surface area (Å²) < 4.78 is 20.1. The number of halogens is 3. The van der Waals surface area contributed by atoms with E-state index in [0.29, 0.717) is 11.3 Å². The number of alkyl halides is 1. The highest BCUT2D eigenvalue weighted by molar-refractivity contribution is 9.10. The zero-order valence-corrected chi connectivity index (χ0v) is 12.1. The van der Waals surface area contributed by atoms with Gasteiger partial charge in [0.15, 0.2) is 11.6 Å². The van der Waals surface area contributed by atoms with Gasteiger partial charge in [-0.2, -0.15) is 0 Å². The van der Waals surface area contributed by atoms with E-state index < -0.39 is 5.82 Å². The van der Waals surface area contributed by atoms with Gasteiger partial charge < -0.3 is 4.74 Å². The smallest absolute Gasteiger partial charge is 0.167 e. The van der Waals surface area contributed by atoms with Crippen LogP contribution in [0, 0.1) is 12.7 Å². The fourth-order valence-corrected chi connectivity index (χ4v) is 2.36. The van der Waals surface area contributed by atoms with E-state index in [4.69, 9.17) is 16.3 Å². The molecule has 2 aromatic carbocycles. The largest absolute Gasteiger partial charge is 0.453 e. The van der Waals surface area contributed by atoms with Crippen LogP contribution in [0.5, 0.6) is 11.5 Å². The van der Waals surface area contributed by atoms with Crippen molar-refractivity contribution in [3.05, 3.63) is 57.8 Å². The SMILES string of the molecule is Cc1ccc(Oc2c(F)cccc2CCl)c(Br)c1. The fraction of sp³-hybridized carbons (Fsp3) is 0.143. The number of ether oxygens (including phenoxy) is 1. The number of aryl methyl sites for hydroxylation is 1. The summed E-state index contributed by atoms with van der Waals surface area (Å²) in [6.45, 7) is 1.97. The highest BCUT2D eigenvalue weighted by Crippen LogP contribution is 2.34. The molecule has 1 nitrogen and oxygen atoms in total. The predicted octanol–water partition coefficient (Wildman–Crippen LogP) is 5.43. The molecule has 0 bridgehead atoms. The molecular formula is C14H11BrClFO. The van der Waals surface area contributed by atoms with E-state index >= 15 is 0 Å². The lowest BCUT2D eigenvalue weighted by molar-refractivity contribution is 0.436. The summed E-state index contributed by atoms with van der Waals surface area (Å²) >= 11 is 9.17. The first-order valence-corrected chi connectivity index (χ1v) is 6.72. The van der Waals surface area contributed by atoms with Crippen LogP contribution in [0.1, 0.15) is 11.1 Å². The molecule has 0 saturated heterocycles. The lowest BCUT2D eigenvalue weighted by atomic mass is 10.2. The molecule has 0 atom stereocenters. The molecule has 0 aliphatic carbocycles. The average molecular weight is 330 g/mol. The van der Waals surface area contributed by atoms with Gasteiger partial charge >= 0.3 is 0 Å². The van der Waals surface area contributed by atoms with Gasteiger partial charge in [0.2, 0.25) is 0 Å². The zero-order valence-electron chi connectivity index (χ0n) is 9.71. The second-order valence-corrected chi connectivity index (χ2v) is 5.02. The molecule has 0 saturated carbocycles. The minimum atomic E-state index is -0.416. The Bertz CT molecular complexity index is 572. The normalized spacial score (nSPS) is 10.4. The van der Waals surface area contributed by atoms with Crippen LogP contribution in [0.3, 0.4) is 0 Å². The summed E-state index contributed by atoms with van der Waals surface area (Å²) in [5.41, 5.74) is 1.73. The molecule has 4 heteroatoms. The Morgan fingerprint density at radius 2 is 2.06 bits per heavy atom. The minimum absolute atomic E-state index is 0.178. The first kappa shape index (κ1) is 13.4. The molecule has 0 aromatic heterocycles. The van der Waals surface area contributed by atoms with Gasteiger partial charge in [0.25, 0.3) is 0 Å². The minimum Gasteiger partial charge on any atom is -0.453 e. The molecule has 0 spiro atoms. The monoisotopic (exact) mass is 328 g/mol. The van der Waals surface area contributed by atoms with Crippen LogP contribution >= 0.6 is 27.5 Å². The maximum atomic E-state index is 13.7. The van der Waals surface area contributed by atoms with Gasteiger partial charge in [-0.15, -0.1) is 11.6 Å². The number of hydrogen-bond acceptors (Lipinski definition) is 1. The van der Waals surface area contributed by atoms with Crippen molar-refractivity contribution in [3.63, 3.8) is 0 Å². The molecule has 0 aliphatic rings. The summed E-state index contributed by atoms with van der Waals surface area (Å²) in [6, 6.07) is 10.3. The van der Waals surface area contributed by atoms with Crippen LogP contribution in [-0.2, 0) is 5.88 Å². The second kappa shape index (κ2) is 5.72. The Labute approximate surface area is 119 Å². The summed E-state index contributed by atoms with van der Waals surface area (Å²) in [5.74, 6) is 0.533. The number of rotatable bonds is 3. The number of hydrogen-bond donors (Lipinski definition) is 0. The maximum absolute atomic E-state index is 13.7. The van der Waals surface area contributed by atoms with Crippen molar-refractivity contribution in [1.29, 1.82) is 0 Å². The molecule has 0 radical (unpaired) electrons. The zero-order chi connectivity index (χ0) is 13.1. The summed E-state index contributed by atoms with van der Waals surface area (Å²) in [4.78, 5) is 0. The van der Waals surface area contributed by atoms with E-state index in [1.54, 1.807) is 18.2 Å². The molecule has 0 N–H and O–H groups in total. The van der Waals surface area contributed by atoms with Crippen molar-refractivity contribution >= 4 is 27.5 Å². The molecule has 94 valence electrons. The predicted molar refractivity (Wildman–Crippen MR) is 74.9 cm³/mol. The van der Waals surface area contributed by atoms with Gasteiger partial charge in [-0.1, -0.05) is 18.2 Å². The summed E-state index contributed by atoms with van der Waals surface area (Å²) in [6.07, 6.45) is 0. The van der Waals surface area contributed by atoms with Crippen LogP contribution < -0.4 is 4.74 Å². The number of para-hydroxylation sites is 1. The Morgan fingerprint density at radius 3 is 2.72 bits per heavy atom. The molecule has 2 rings (SSSR count). The van der Waals surface area contributed by atoms with Crippen molar-refractivity contribution < 1.29 is 9.13 Å². The van der Waals surface area contributed by atoms with Crippen molar-refractivity contribution in [1.82, 2.24) is 0 Å². The van der Waals surface area contributed by atoms with E-state index in [0.717, 1.165) is 10.0 Å². The summed E-state index contributed by atoms with van der Waals surface area (Å²) in [7, 11) is 0. The third kappa shape index (κ3) is 2.85. The van der Waals surface area contributed by atoms with Gasteiger partial charge in [0.1, 0.15) is 5.75 Å². The molecule has 2 aromatic rings. The molecule has 18 heavy (non-hydrogen) atoms. The van der Waals surface area contributed by atoms with Crippen LogP contribution in [0.15, 0.2) is 40.9 Å². The second-order valence-electron chi connectivity index (χ2n) is 3.90. The average Bonchev–Trinajstić information content (AvgIpc) is 2.34. The first-order valence-electron chi connectivity index (χ1n) is 5.39. The van der Waals surface area contributed by atoms with Crippen molar-refractivity contribution in [2.45, 2.75) is 12.8 Å². The maximum Gasteiger partial charge on any atom is 0.167 e. The van der Waals surface area contributed by atoms with E-state index in [1.165, 1.54) is 6.07 Å². The van der Waals surface area contributed by atoms with Crippen LogP contribution in [-0.4, -0.2) is 0 Å². The van der Waals surface area contributed by atoms with Crippen molar-refractivity contribution in [3.8, 4) is 11.5 Å². The first-order chi connectivity index (χ1) is 8.61. The Kier molecular flexibility index (Phi) is 4.25. The van der Waals surface area contributed by atoms with E-state index in [1.807, 2.05) is 19.1 Å². The van der Waals surface area contributed by atoms with E-state index in [9.17, 15) is 4.39 Å². The Hall–Kier alpha value is -1.06. The van der Waals surface area contributed by atoms with Gasteiger partial charge in [0, 0.05) is 5.56 Å². The third-order valence-corrected chi connectivity index (χ3v) is 3.40. The van der Waals surface area contributed by atoms with Crippen LogP contribution in [0.4, 0.5) is 4.39 Å². The topological polar surface area (TPSA) is 9.23 Å². The van der Waals surface area contributed by atoms with Gasteiger partial charge in [-0.25, -0.2) is 4.39 Å². The Morgan fingerprint density at radius 1 is 1.28 bits per heavy atom. The molecule has 0 unspecified atom stereocenters. The number of benzene rings is 2. The van der Waals surface area contributed by atoms with Crippen LogP contribution in [0.25, 0.3) is 0 Å². The van der Waals surface area contributed by atoms with Gasteiger partial charge in [0.05, 0.1) is 10.4 Å². The van der Waals surface area contributed by atoms with Gasteiger partial charge in [-0.05, 0) is 46.6 Å². The molecule has 0 heterocycles. The van der Waals surface area contributed by atoms with E-state index in [-0.39, 0.29) is 11.6 Å². The highest BCUT2D eigenvalue weighted by Gasteiger charge is 2.11. The molecule has 0 aliphatic heterocycles. The lowest BCUT2D eigenvalue weighted by Crippen LogP contribution is -1.94.